The van der Waals surface area contributed by atoms with E-state index in [9.17, 15) is 9.59 Å². The molecule has 3 aromatic carbocycles. The highest BCUT2D eigenvalue weighted by Gasteiger charge is 2.38. The Morgan fingerprint density at radius 2 is 1.46 bits per heavy atom. The van der Waals surface area contributed by atoms with Crippen LogP contribution >= 0.6 is 11.8 Å². The molecular formula is C29H35N3O4S. The number of hydrogen-bond donors (Lipinski definition) is 3. The maximum absolute atomic E-state index is 13.1. The second-order valence-corrected chi connectivity index (χ2v) is 9.63. The summed E-state index contributed by atoms with van der Waals surface area (Å²) in [5.74, 6) is 0.569. The van der Waals surface area contributed by atoms with E-state index in [2.05, 4.69) is 34.9 Å². The zero-order valence-corrected chi connectivity index (χ0v) is 22.1. The maximum atomic E-state index is 13.1. The Morgan fingerprint density at radius 1 is 0.892 bits per heavy atom. The zero-order chi connectivity index (χ0) is 26.5. The van der Waals surface area contributed by atoms with Crippen molar-refractivity contribution >= 4 is 23.6 Å². The molecule has 1 atom stereocenters. The summed E-state index contributed by atoms with van der Waals surface area (Å²) in [6, 6.07) is 27.6. The number of carbonyl (C=O) groups excluding carboxylic acids is 2. The van der Waals surface area contributed by atoms with Crippen molar-refractivity contribution in [1.82, 2.24) is 10.6 Å². The van der Waals surface area contributed by atoms with Crippen molar-refractivity contribution in [1.29, 1.82) is 0 Å². The van der Waals surface area contributed by atoms with Crippen molar-refractivity contribution in [3.63, 3.8) is 0 Å². The van der Waals surface area contributed by atoms with Crippen LogP contribution in [0.3, 0.4) is 0 Å². The lowest BCUT2D eigenvalue weighted by Gasteiger charge is -2.36. The first-order valence-electron chi connectivity index (χ1n) is 12.2. The van der Waals surface area contributed by atoms with E-state index >= 15 is 0 Å². The standard InChI is InChI=1S/C29H35N3O4S/c1-22(33)32-27(28(34)31-18-20-36-19-17-30)21-37-29(23-9-5-3-6-10-23,24-11-7-4-8-12-24)25-13-15-26(35-2)16-14-25/h3-16,27H,17-21,30H2,1-2H3,(H,31,34)(H,32,33)/t27-/m0/s1. The van der Waals surface area contributed by atoms with E-state index in [1.807, 2.05) is 60.7 Å². The van der Waals surface area contributed by atoms with Crippen LogP contribution in [0.25, 0.3) is 0 Å². The number of methoxy groups -OCH3 is 1. The largest absolute Gasteiger partial charge is 0.497 e. The number of ether oxygens (including phenoxy) is 2. The SMILES string of the molecule is COc1ccc(C(SC[C@H](NC(C)=O)C(=O)NCCOCCN)(c2ccccc2)c2ccccc2)cc1. The van der Waals surface area contributed by atoms with Gasteiger partial charge in [0.1, 0.15) is 11.8 Å². The number of benzene rings is 3. The molecule has 0 fully saturated rings. The van der Waals surface area contributed by atoms with Crippen molar-refractivity contribution < 1.29 is 19.1 Å². The average molecular weight is 522 g/mol. The minimum Gasteiger partial charge on any atom is -0.497 e. The Morgan fingerprint density at radius 3 is 1.97 bits per heavy atom. The predicted octanol–water partition coefficient (Wildman–Crippen LogP) is 3.32. The second-order valence-electron chi connectivity index (χ2n) is 8.40. The zero-order valence-electron chi connectivity index (χ0n) is 21.3. The molecule has 2 amide bonds. The number of nitrogens with one attached hydrogen (secondary N) is 2. The van der Waals surface area contributed by atoms with E-state index < -0.39 is 10.8 Å². The summed E-state index contributed by atoms with van der Waals surface area (Å²) in [6.45, 7) is 2.96. The molecule has 3 rings (SSSR count). The van der Waals surface area contributed by atoms with Crippen molar-refractivity contribution in [2.75, 3.05) is 39.2 Å². The molecule has 7 nitrogen and oxygen atoms in total. The van der Waals surface area contributed by atoms with Gasteiger partial charge in [0.15, 0.2) is 0 Å². The third-order valence-electron chi connectivity index (χ3n) is 5.83. The molecule has 37 heavy (non-hydrogen) atoms. The fraction of sp³-hybridized carbons (Fsp3) is 0.310. The highest BCUT2D eigenvalue weighted by atomic mass is 32.2. The highest BCUT2D eigenvalue weighted by Crippen LogP contribution is 2.49. The van der Waals surface area contributed by atoms with Crippen LogP contribution in [0, 0.1) is 0 Å². The first-order valence-corrected chi connectivity index (χ1v) is 13.2. The van der Waals surface area contributed by atoms with Crippen LogP contribution in [0.2, 0.25) is 0 Å². The Balaban J connectivity index is 1.98. The van der Waals surface area contributed by atoms with Gasteiger partial charge in [-0.25, -0.2) is 0 Å². The molecule has 0 saturated heterocycles. The van der Waals surface area contributed by atoms with Crippen LogP contribution in [-0.2, 0) is 19.1 Å². The second kappa shape index (κ2) is 14.4. The molecule has 8 heteroatoms. The summed E-state index contributed by atoms with van der Waals surface area (Å²) >= 11 is 1.60. The molecule has 0 aromatic heterocycles. The summed E-state index contributed by atoms with van der Waals surface area (Å²) in [5, 5.41) is 5.69. The Hall–Kier alpha value is -3.33. The van der Waals surface area contributed by atoms with Gasteiger partial charge in [-0.2, -0.15) is 0 Å². The number of amides is 2. The molecule has 3 aromatic rings. The molecule has 0 aliphatic rings. The molecule has 0 aliphatic heterocycles. The van der Waals surface area contributed by atoms with Crippen LogP contribution in [0.15, 0.2) is 84.9 Å². The van der Waals surface area contributed by atoms with Crippen LogP contribution in [-0.4, -0.2) is 57.0 Å². The first kappa shape index (κ1) is 28.2. The summed E-state index contributed by atoms with van der Waals surface area (Å²) in [6.07, 6.45) is 0. The molecule has 0 unspecified atom stereocenters. The number of carbonyl (C=O) groups is 2. The highest BCUT2D eigenvalue weighted by molar-refractivity contribution is 8.00. The third kappa shape index (κ3) is 7.58. The van der Waals surface area contributed by atoms with Gasteiger partial charge < -0.3 is 25.8 Å². The van der Waals surface area contributed by atoms with Crippen molar-refractivity contribution in [2.24, 2.45) is 5.73 Å². The average Bonchev–Trinajstić information content (AvgIpc) is 2.93. The topological polar surface area (TPSA) is 103 Å². The molecule has 0 bridgehead atoms. The lowest BCUT2D eigenvalue weighted by molar-refractivity contribution is -0.127. The molecule has 0 spiro atoms. The minimum absolute atomic E-state index is 0.260. The van der Waals surface area contributed by atoms with E-state index in [-0.39, 0.29) is 11.8 Å². The van der Waals surface area contributed by atoms with E-state index in [1.54, 1.807) is 18.9 Å². The number of rotatable bonds is 14. The van der Waals surface area contributed by atoms with Crippen LogP contribution in [0.1, 0.15) is 23.6 Å². The molecule has 0 heterocycles. The van der Waals surface area contributed by atoms with Crippen molar-refractivity contribution in [3.8, 4) is 5.75 Å². The number of hydrogen-bond acceptors (Lipinski definition) is 6. The summed E-state index contributed by atoms with van der Waals surface area (Å²) in [7, 11) is 1.64. The smallest absolute Gasteiger partial charge is 0.243 e. The van der Waals surface area contributed by atoms with Gasteiger partial charge in [-0.3, -0.25) is 9.59 Å². The first-order chi connectivity index (χ1) is 18.0. The summed E-state index contributed by atoms with van der Waals surface area (Å²) < 4.78 is 10.1. The fourth-order valence-electron chi connectivity index (χ4n) is 4.11. The summed E-state index contributed by atoms with van der Waals surface area (Å²) in [4.78, 5) is 25.1. The van der Waals surface area contributed by atoms with Gasteiger partial charge in [-0.1, -0.05) is 72.8 Å². The lowest BCUT2D eigenvalue weighted by Crippen LogP contribution is -2.49. The molecule has 0 radical (unpaired) electrons. The van der Waals surface area contributed by atoms with Gasteiger partial charge in [-0.05, 0) is 28.8 Å². The van der Waals surface area contributed by atoms with E-state index in [0.29, 0.717) is 32.1 Å². The van der Waals surface area contributed by atoms with Gasteiger partial charge >= 0.3 is 0 Å². The Kier molecular flexibility index (Phi) is 11.0. The molecule has 196 valence electrons. The third-order valence-corrected chi connectivity index (χ3v) is 7.47. The van der Waals surface area contributed by atoms with E-state index in [1.165, 1.54) is 6.92 Å². The van der Waals surface area contributed by atoms with Gasteiger partial charge in [-0.15, -0.1) is 11.8 Å². The quantitative estimate of drug-likeness (QED) is 0.222. The maximum Gasteiger partial charge on any atom is 0.243 e. The van der Waals surface area contributed by atoms with Crippen molar-refractivity contribution in [3.05, 3.63) is 102 Å². The van der Waals surface area contributed by atoms with Crippen molar-refractivity contribution in [2.45, 2.75) is 17.7 Å². The minimum atomic E-state index is -0.734. The molecule has 4 N–H and O–H groups in total. The Bertz CT molecular complexity index is 1070. The van der Waals surface area contributed by atoms with Gasteiger partial charge in [0.05, 0.1) is 25.1 Å². The number of thioether (sulfide) groups is 1. The van der Waals surface area contributed by atoms with Gasteiger partial charge in [0, 0.05) is 25.8 Å². The van der Waals surface area contributed by atoms with E-state index in [4.69, 9.17) is 15.2 Å². The van der Waals surface area contributed by atoms with Crippen LogP contribution in [0.4, 0.5) is 0 Å². The molecule has 0 saturated carbocycles. The fourth-order valence-corrected chi connectivity index (χ4v) is 5.67. The van der Waals surface area contributed by atoms with Gasteiger partial charge in [0.2, 0.25) is 11.8 Å². The van der Waals surface area contributed by atoms with Crippen LogP contribution < -0.4 is 21.1 Å². The monoisotopic (exact) mass is 521 g/mol. The van der Waals surface area contributed by atoms with E-state index in [0.717, 1.165) is 22.4 Å². The van der Waals surface area contributed by atoms with Crippen LogP contribution in [0.5, 0.6) is 5.75 Å². The summed E-state index contributed by atoms with van der Waals surface area (Å²) in [5.41, 5.74) is 8.61. The lowest BCUT2D eigenvalue weighted by atomic mass is 9.84. The predicted molar refractivity (Wildman–Crippen MR) is 149 cm³/mol. The molecular weight excluding hydrogens is 486 g/mol. The molecule has 0 aliphatic carbocycles. The normalized spacial score (nSPS) is 12.0. The van der Waals surface area contributed by atoms with Gasteiger partial charge in [0.25, 0.3) is 0 Å². The number of nitrogens with two attached hydrogens (primary N) is 1. The Labute approximate surface area is 223 Å².